The molecule has 3 rings (SSSR count). The molecule has 1 heterocycles. The van der Waals surface area contributed by atoms with Gasteiger partial charge in [-0.2, -0.15) is 5.26 Å². The first kappa shape index (κ1) is 11.5. The van der Waals surface area contributed by atoms with E-state index in [0.717, 1.165) is 28.0 Å². The molecule has 0 bridgehead atoms. The minimum Gasteiger partial charge on any atom is -0.338 e. The van der Waals surface area contributed by atoms with Crippen molar-refractivity contribution < 1.29 is 0 Å². The third-order valence-corrected chi connectivity index (χ3v) is 3.19. The van der Waals surface area contributed by atoms with Crippen LogP contribution in [0.15, 0.2) is 36.4 Å². The van der Waals surface area contributed by atoms with Crippen LogP contribution in [0.3, 0.4) is 0 Å². The van der Waals surface area contributed by atoms with Crippen LogP contribution in [0, 0.1) is 25.2 Å². The maximum absolute atomic E-state index is 8.95. The average Bonchev–Trinajstić information content (AvgIpc) is 2.83. The summed E-state index contributed by atoms with van der Waals surface area (Å²) >= 11 is 0. The molecule has 0 unspecified atom stereocenters. The van der Waals surface area contributed by atoms with E-state index in [-0.39, 0.29) is 0 Å². The van der Waals surface area contributed by atoms with Crippen molar-refractivity contribution in [2.75, 3.05) is 0 Å². The molecule has 1 aromatic heterocycles. The number of aromatic nitrogens is 2. The largest absolute Gasteiger partial charge is 0.338 e. The number of hydrogen-bond acceptors (Lipinski definition) is 2. The van der Waals surface area contributed by atoms with Crippen molar-refractivity contribution in [1.29, 1.82) is 5.26 Å². The lowest BCUT2D eigenvalue weighted by Crippen LogP contribution is -1.82. The Hall–Kier alpha value is -2.60. The van der Waals surface area contributed by atoms with E-state index >= 15 is 0 Å². The Morgan fingerprint density at radius 3 is 2.79 bits per heavy atom. The molecule has 1 N–H and O–H groups in total. The molecular formula is C16H13N3. The molecule has 0 atom stereocenters. The van der Waals surface area contributed by atoms with Gasteiger partial charge in [-0.15, -0.1) is 0 Å². The number of benzene rings is 2. The van der Waals surface area contributed by atoms with Gasteiger partial charge in [-0.25, -0.2) is 4.98 Å². The number of rotatable bonds is 1. The number of aromatic amines is 1. The molecule has 3 heteroatoms. The molecule has 19 heavy (non-hydrogen) atoms. The predicted molar refractivity (Wildman–Crippen MR) is 75.7 cm³/mol. The Kier molecular flexibility index (Phi) is 2.57. The second-order valence-corrected chi connectivity index (χ2v) is 4.76. The second-order valence-electron chi connectivity index (χ2n) is 4.76. The van der Waals surface area contributed by atoms with Crippen LogP contribution in [0.4, 0.5) is 0 Å². The lowest BCUT2D eigenvalue weighted by Gasteiger charge is -1.96. The fraction of sp³-hybridized carbons (Fsp3) is 0.125. The molecular weight excluding hydrogens is 234 g/mol. The number of aryl methyl sites for hydroxylation is 2. The molecule has 92 valence electrons. The first-order chi connectivity index (χ1) is 9.17. The molecule has 0 fully saturated rings. The number of hydrogen-bond donors (Lipinski definition) is 1. The summed E-state index contributed by atoms with van der Waals surface area (Å²) in [6, 6.07) is 13.8. The number of nitrogens with zero attached hydrogens (tertiary/aromatic N) is 2. The summed E-state index contributed by atoms with van der Waals surface area (Å²) in [5, 5.41) is 8.95. The summed E-state index contributed by atoms with van der Waals surface area (Å²) in [7, 11) is 0. The summed E-state index contributed by atoms with van der Waals surface area (Å²) in [4.78, 5) is 7.96. The topological polar surface area (TPSA) is 52.5 Å². The Morgan fingerprint density at radius 1 is 1.16 bits per heavy atom. The van der Waals surface area contributed by atoms with E-state index in [9.17, 15) is 0 Å². The average molecular weight is 247 g/mol. The maximum atomic E-state index is 8.95. The van der Waals surface area contributed by atoms with Crippen LogP contribution in [0.1, 0.15) is 16.7 Å². The van der Waals surface area contributed by atoms with E-state index in [1.54, 1.807) is 6.07 Å². The molecule has 0 aliphatic heterocycles. The SMILES string of the molecule is Cc1cc(C)c2nc(-c3cccc(C#N)c3)[nH]c2c1. The van der Waals surface area contributed by atoms with E-state index in [1.165, 1.54) is 5.56 Å². The normalized spacial score (nSPS) is 10.6. The second kappa shape index (κ2) is 4.25. The lowest BCUT2D eigenvalue weighted by atomic mass is 10.1. The van der Waals surface area contributed by atoms with Crippen LogP contribution in [-0.2, 0) is 0 Å². The van der Waals surface area contributed by atoms with Crippen LogP contribution >= 0.6 is 0 Å². The monoisotopic (exact) mass is 247 g/mol. The van der Waals surface area contributed by atoms with Crippen molar-refractivity contribution in [3.8, 4) is 17.5 Å². The van der Waals surface area contributed by atoms with Gasteiger partial charge in [0.25, 0.3) is 0 Å². The highest BCUT2D eigenvalue weighted by Crippen LogP contribution is 2.24. The van der Waals surface area contributed by atoms with Gasteiger partial charge >= 0.3 is 0 Å². The standard InChI is InChI=1S/C16H13N3/c1-10-6-11(2)15-14(7-10)18-16(19-15)13-5-3-4-12(8-13)9-17/h3-8H,1-2H3,(H,18,19). The lowest BCUT2D eigenvalue weighted by molar-refractivity contribution is 1.33. The fourth-order valence-electron chi connectivity index (χ4n) is 2.34. The summed E-state index contributed by atoms with van der Waals surface area (Å²) in [5.41, 5.74) is 5.98. The van der Waals surface area contributed by atoms with Gasteiger partial charge < -0.3 is 4.98 Å². The third-order valence-electron chi connectivity index (χ3n) is 3.19. The highest BCUT2D eigenvalue weighted by Gasteiger charge is 2.08. The molecule has 0 radical (unpaired) electrons. The first-order valence-corrected chi connectivity index (χ1v) is 6.15. The summed E-state index contributed by atoms with van der Waals surface area (Å²) in [6.07, 6.45) is 0. The van der Waals surface area contributed by atoms with Crippen molar-refractivity contribution >= 4 is 11.0 Å². The van der Waals surface area contributed by atoms with Crippen molar-refractivity contribution in [3.63, 3.8) is 0 Å². The molecule has 0 saturated heterocycles. The molecule has 0 saturated carbocycles. The number of fused-ring (bicyclic) bond motifs is 1. The van der Waals surface area contributed by atoms with Crippen LogP contribution in [0.5, 0.6) is 0 Å². The Balaban J connectivity index is 2.21. The number of H-pyrrole nitrogens is 1. The van der Waals surface area contributed by atoms with Gasteiger partial charge in [0.05, 0.1) is 22.7 Å². The molecule has 0 aliphatic rings. The maximum Gasteiger partial charge on any atom is 0.138 e. The van der Waals surface area contributed by atoms with Gasteiger partial charge in [0.2, 0.25) is 0 Å². The highest BCUT2D eigenvalue weighted by molar-refractivity contribution is 5.83. The van der Waals surface area contributed by atoms with Crippen molar-refractivity contribution in [2.45, 2.75) is 13.8 Å². The first-order valence-electron chi connectivity index (χ1n) is 6.15. The molecule has 0 spiro atoms. The van der Waals surface area contributed by atoms with E-state index < -0.39 is 0 Å². The van der Waals surface area contributed by atoms with Crippen molar-refractivity contribution in [3.05, 3.63) is 53.1 Å². The van der Waals surface area contributed by atoms with Crippen LogP contribution in [0.2, 0.25) is 0 Å². The number of nitriles is 1. The smallest absolute Gasteiger partial charge is 0.138 e. The van der Waals surface area contributed by atoms with E-state index in [0.29, 0.717) is 5.56 Å². The van der Waals surface area contributed by atoms with Gasteiger partial charge in [-0.05, 0) is 43.2 Å². The Bertz CT molecular complexity index is 806. The highest BCUT2D eigenvalue weighted by atomic mass is 14.9. The number of nitrogens with one attached hydrogen (secondary N) is 1. The minimum absolute atomic E-state index is 0.644. The Morgan fingerprint density at radius 2 is 2.00 bits per heavy atom. The van der Waals surface area contributed by atoms with E-state index in [4.69, 9.17) is 5.26 Å². The minimum atomic E-state index is 0.644. The zero-order valence-corrected chi connectivity index (χ0v) is 10.9. The zero-order chi connectivity index (χ0) is 13.4. The Labute approximate surface area is 111 Å². The van der Waals surface area contributed by atoms with E-state index in [2.05, 4.69) is 42.0 Å². The van der Waals surface area contributed by atoms with Crippen molar-refractivity contribution in [1.82, 2.24) is 9.97 Å². The van der Waals surface area contributed by atoms with Gasteiger partial charge in [-0.3, -0.25) is 0 Å². The van der Waals surface area contributed by atoms with Crippen LogP contribution < -0.4 is 0 Å². The quantitative estimate of drug-likeness (QED) is 0.712. The molecule has 3 aromatic rings. The molecule has 2 aromatic carbocycles. The summed E-state index contributed by atoms with van der Waals surface area (Å²) in [6.45, 7) is 4.13. The molecule has 3 nitrogen and oxygen atoms in total. The van der Waals surface area contributed by atoms with Crippen molar-refractivity contribution in [2.24, 2.45) is 0 Å². The molecule has 0 amide bonds. The van der Waals surface area contributed by atoms with E-state index in [1.807, 2.05) is 18.2 Å². The van der Waals surface area contributed by atoms with Gasteiger partial charge in [0.1, 0.15) is 5.82 Å². The molecule has 0 aliphatic carbocycles. The van der Waals surface area contributed by atoms with Gasteiger partial charge in [-0.1, -0.05) is 18.2 Å². The fourth-order valence-corrected chi connectivity index (χ4v) is 2.34. The number of imidazole rings is 1. The predicted octanol–water partition coefficient (Wildman–Crippen LogP) is 3.72. The zero-order valence-electron chi connectivity index (χ0n) is 10.9. The van der Waals surface area contributed by atoms with Crippen LogP contribution in [-0.4, -0.2) is 9.97 Å². The van der Waals surface area contributed by atoms with Gasteiger partial charge in [0, 0.05) is 5.56 Å². The third kappa shape index (κ3) is 1.98. The van der Waals surface area contributed by atoms with Crippen LogP contribution in [0.25, 0.3) is 22.4 Å². The summed E-state index contributed by atoms with van der Waals surface area (Å²) in [5.74, 6) is 0.806. The summed E-state index contributed by atoms with van der Waals surface area (Å²) < 4.78 is 0. The van der Waals surface area contributed by atoms with Gasteiger partial charge in [0.15, 0.2) is 0 Å².